The molecule has 6 nitrogen and oxygen atoms in total. The summed E-state index contributed by atoms with van der Waals surface area (Å²) >= 11 is 12.8. The van der Waals surface area contributed by atoms with Crippen LogP contribution in [-0.2, 0) is 14.4 Å². The molecule has 0 radical (unpaired) electrons. The van der Waals surface area contributed by atoms with Gasteiger partial charge in [-0.2, -0.15) is 0 Å². The number of hydrogen-bond donors (Lipinski definition) is 1. The zero-order valence-corrected chi connectivity index (χ0v) is 21.1. The van der Waals surface area contributed by atoms with E-state index in [0.29, 0.717) is 43.3 Å². The second-order valence-corrected chi connectivity index (χ2v) is 10.1. The molecular weight excluding hydrogens is 490 g/mol. The van der Waals surface area contributed by atoms with Gasteiger partial charge >= 0.3 is 0 Å². The zero-order chi connectivity index (χ0) is 24.2. The van der Waals surface area contributed by atoms with E-state index in [-0.39, 0.29) is 24.3 Å². The van der Waals surface area contributed by atoms with Crippen molar-refractivity contribution < 1.29 is 14.4 Å². The quantitative estimate of drug-likeness (QED) is 0.287. The number of thioether (sulfide) groups is 1. The first-order chi connectivity index (χ1) is 16.4. The first-order valence-electron chi connectivity index (χ1n) is 11.2. The molecule has 0 spiro atoms. The molecule has 0 atom stereocenters. The number of anilines is 2. The minimum Gasteiger partial charge on any atom is -0.323 e. The van der Waals surface area contributed by atoms with Gasteiger partial charge in [0.25, 0.3) is 11.8 Å². The van der Waals surface area contributed by atoms with E-state index >= 15 is 0 Å². The lowest BCUT2D eigenvalue weighted by atomic mass is 10.1. The molecule has 0 aromatic heterocycles. The molecular formula is C25H24ClN3O3S2. The Balaban J connectivity index is 1.58. The minimum absolute atomic E-state index is 0.206. The van der Waals surface area contributed by atoms with Gasteiger partial charge in [0.15, 0.2) is 0 Å². The number of unbranched alkanes of at least 4 members (excludes halogenated alkanes) is 3. The van der Waals surface area contributed by atoms with Crippen molar-refractivity contribution in [2.45, 2.75) is 32.6 Å². The molecule has 2 aliphatic rings. The van der Waals surface area contributed by atoms with Crippen LogP contribution < -0.4 is 10.2 Å². The highest BCUT2D eigenvalue weighted by molar-refractivity contribution is 8.26. The number of hydrogen-bond acceptors (Lipinski definition) is 5. The Bertz CT molecular complexity index is 1200. The van der Waals surface area contributed by atoms with Crippen molar-refractivity contribution in [1.29, 1.82) is 0 Å². The molecule has 2 aliphatic heterocycles. The van der Waals surface area contributed by atoms with Crippen LogP contribution in [-0.4, -0.2) is 40.0 Å². The number of benzene rings is 2. The fourth-order valence-electron chi connectivity index (χ4n) is 3.99. The topological polar surface area (TPSA) is 69.7 Å². The molecule has 3 amide bonds. The third kappa shape index (κ3) is 4.89. The number of nitrogens with zero attached hydrogens (tertiary/aromatic N) is 2. The number of carbonyl (C=O) groups excluding carboxylic acids is 3. The monoisotopic (exact) mass is 513 g/mol. The van der Waals surface area contributed by atoms with Crippen LogP contribution in [0.25, 0.3) is 5.57 Å². The van der Waals surface area contributed by atoms with E-state index in [2.05, 4.69) is 12.2 Å². The van der Waals surface area contributed by atoms with Crippen molar-refractivity contribution in [3.63, 3.8) is 0 Å². The summed E-state index contributed by atoms with van der Waals surface area (Å²) in [5, 5.41) is 3.16. The van der Waals surface area contributed by atoms with Gasteiger partial charge in [0.05, 0.1) is 26.9 Å². The molecule has 1 N–H and O–H groups in total. The molecule has 0 aliphatic carbocycles. The fourth-order valence-corrected chi connectivity index (χ4v) is 5.55. The summed E-state index contributed by atoms with van der Waals surface area (Å²) in [6.07, 6.45) is 4.10. The van der Waals surface area contributed by atoms with Crippen LogP contribution >= 0.6 is 35.6 Å². The summed E-state index contributed by atoms with van der Waals surface area (Å²) in [6.45, 7) is 2.47. The third-order valence-corrected chi connectivity index (χ3v) is 7.46. The molecule has 2 aromatic carbocycles. The first-order valence-corrected chi connectivity index (χ1v) is 12.8. The van der Waals surface area contributed by atoms with Crippen molar-refractivity contribution in [3.8, 4) is 0 Å². The molecule has 0 bridgehead atoms. The Morgan fingerprint density at radius 2 is 1.74 bits per heavy atom. The van der Waals surface area contributed by atoms with Gasteiger partial charge in [-0.1, -0.05) is 92.1 Å². The van der Waals surface area contributed by atoms with Gasteiger partial charge in [-0.15, -0.1) is 0 Å². The van der Waals surface area contributed by atoms with Crippen molar-refractivity contribution in [1.82, 2.24) is 4.90 Å². The summed E-state index contributed by atoms with van der Waals surface area (Å²) < 4.78 is 0.462. The lowest BCUT2D eigenvalue weighted by Crippen LogP contribution is -2.35. The van der Waals surface area contributed by atoms with E-state index in [1.807, 2.05) is 6.07 Å². The van der Waals surface area contributed by atoms with Crippen LogP contribution in [0.15, 0.2) is 53.4 Å². The van der Waals surface area contributed by atoms with Crippen LogP contribution in [0.2, 0.25) is 5.02 Å². The SMILES string of the molecule is CCCCCCN1C(=O)C(=C2C(=O)N(CC(=O)Nc3ccccc3Cl)c3ccccc32)SC1=S. The molecule has 176 valence electrons. The normalized spacial score (nSPS) is 17.5. The summed E-state index contributed by atoms with van der Waals surface area (Å²) in [7, 11) is 0. The lowest BCUT2D eigenvalue weighted by molar-refractivity contribution is -0.122. The maximum absolute atomic E-state index is 13.5. The number of nitrogens with one attached hydrogen (secondary N) is 1. The largest absolute Gasteiger partial charge is 0.323 e. The van der Waals surface area contributed by atoms with E-state index in [0.717, 1.165) is 37.4 Å². The van der Waals surface area contributed by atoms with Crippen molar-refractivity contribution >= 4 is 74.6 Å². The van der Waals surface area contributed by atoms with Gasteiger partial charge in [-0.25, -0.2) is 0 Å². The van der Waals surface area contributed by atoms with Gasteiger partial charge in [0.1, 0.15) is 10.9 Å². The molecule has 1 fully saturated rings. The summed E-state index contributed by atoms with van der Waals surface area (Å²) in [5.41, 5.74) is 1.99. The molecule has 2 heterocycles. The smallest absolute Gasteiger partial charge is 0.267 e. The maximum Gasteiger partial charge on any atom is 0.267 e. The van der Waals surface area contributed by atoms with Gasteiger partial charge in [-0.3, -0.25) is 24.2 Å². The maximum atomic E-state index is 13.5. The average molecular weight is 514 g/mol. The van der Waals surface area contributed by atoms with E-state index in [1.54, 1.807) is 47.4 Å². The van der Waals surface area contributed by atoms with Crippen molar-refractivity contribution in [3.05, 3.63) is 64.0 Å². The molecule has 34 heavy (non-hydrogen) atoms. The fraction of sp³-hybridized carbons (Fsp3) is 0.280. The van der Waals surface area contributed by atoms with Crippen LogP contribution in [0.4, 0.5) is 11.4 Å². The van der Waals surface area contributed by atoms with E-state index < -0.39 is 0 Å². The summed E-state index contributed by atoms with van der Waals surface area (Å²) in [6, 6.07) is 14.1. The number of thiocarbonyl (C=S) groups is 1. The van der Waals surface area contributed by atoms with Gasteiger partial charge in [-0.05, 0) is 24.6 Å². The Morgan fingerprint density at radius 1 is 1.00 bits per heavy atom. The summed E-state index contributed by atoms with van der Waals surface area (Å²) in [5.74, 6) is -1.02. The highest BCUT2D eigenvalue weighted by Gasteiger charge is 2.42. The van der Waals surface area contributed by atoms with Gasteiger partial charge < -0.3 is 5.32 Å². The van der Waals surface area contributed by atoms with E-state index in [1.165, 1.54) is 4.90 Å². The number of fused-ring (bicyclic) bond motifs is 1. The average Bonchev–Trinajstić information content (AvgIpc) is 3.25. The Kier molecular flexibility index (Phi) is 7.70. The lowest BCUT2D eigenvalue weighted by Gasteiger charge is -2.17. The first kappa shape index (κ1) is 24.4. The van der Waals surface area contributed by atoms with Crippen molar-refractivity contribution in [2.75, 3.05) is 23.3 Å². The van der Waals surface area contributed by atoms with Crippen LogP contribution in [0.3, 0.4) is 0 Å². The zero-order valence-electron chi connectivity index (χ0n) is 18.7. The number of halogens is 1. The second kappa shape index (κ2) is 10.7. The third-order valence-electron chi connectivity index (χ3n) is 5.68. The molecule has 9 heteroatoms. The minimum atomic E-state index is -0.388. The standard InChI is InChI=1S/C25H24ClN3O3S2/c1-2-3-4-9-14-28-24(32)22(34-25(28)33)21-16-10-5-8-13-19(16)29(23(21)31)15-20(30)27-18-12-7-6-11-17(18)26/h5-8,10-13H,2-4,9,14-15H2,1H3,(H,27,30). The molecule has 0 saturated carbocycles. The van der Waals surface area contributed by atoms with Gasteiger partial charge in [0, 0.05) is 12.1 Å². The predicted octanol–water partition coefficient (Wildman–Crippen LogP) is 5.48. The van der Waals surface area contributed by atoms with Crippen LogP contribution in [0, 0.1) is 0 Å². The Labute approximate surface area is 213 Å². The van der Waals surface area contributed by atoms with Crippen LogP contribution in [0.1, 0.15) is 38.2 Å². The number of carbonyl (C=O) groups is 3. The number of amides is 3. The molecule has 0 unspecified atom stereocenters. The second-order valence-electron chi connectivity index (χ2n) is 8.03. The van der Waals surface area contributed by atoms with Crippen LogP contribution in [0.5, 0.6) is 0 Å². The molecule has 2 aromatic rings. The number of para-hydroxylation sites is 2. The molecule has 4 rings (SSSR count). The highest BCUT2D eigenvalue weighted by atomic mass is 35.5. The predicted molar refractivity (Wildman–Crippen MR) is 142 cm³/mol. The van der Waals surface area contributed by atoms with Gasteiger partial charge in [0.2, 0.25) is 5.91 Å². The molecule has 1 saturated heterocycles. The summed E-state index contributed by atoms with van der Waals surface area (Å²) in [4.78, 5) is 42.8. The number of rotatable bonds is 8. The Hall–Kier alpha value is -2.68. The van der Waals surface area contributed by atoms with Crippen molar-refractivity contribution in [2.24, 2.45) is 0 Å². The van der Waals surface area contributed by atoms with E-state index in [4.69, 9.17) is 23.8 Å². The highest BCUT2D eigenvalue weighted by Crippen LogP contribution is 2.44. The van der Waals surface area contributed by atoms with E-state index in [9.17, 15) is 14.4 Å². The Morgan fingerprint density at radius 3 is 2.50 bits per heavy atom.